The number of aryl methyl sites for hydroxylation is 3. The van der Waals surface area contributed by atoms with E-state index >= 15 is 0 Å². The summed E-state index contributed by atoms with van der Waals surface area (Å²) in [4.78, 5) is 0. The Bertz CT molecular complexity index is 595. The first-order valence-electron chi connectivity index (χ1n) is 6.62. The molecule has 0 bridgehead atoms. The first-order valence-corrected chi connectivity index (χ1v) is 7.42. The van der Waals surface area contributed by atoms with Gasteiger partial charge in [0.05, 0.1) is 33.8 Å². The molecule has 0 amide bonds. The van der Waals surface area contributed by atoms with Crippen LogP contribution in [0.5, 0.6) is 0 Å². The summed E-state index contributed by atoms with van der Waals surface area (Å²) >= 11 is 3.55. The molecule has 2 aromatic heterocycles. The van der Waals surface area contributed by atoms with Crippen molar-refractivity contribution in [3.8, 4) is 0 Å². The van der Waals surface area contributed by atoms with E-state index in [0.717, 1.165) is 40.1 Å². The van der Waals surface area contributed by atoms with Crippen molar-refractivity contribution in [3.63, 3.8) is 0 Å². The van der Waals surface area contributed by atoms with Crippen molar-refractivity contribution in [1.29, 1.82) is 0 Å². The van der Waals surface area contributed by atoms with Gasteiger partial charge in [0.2, 0.25) is 0 Å². The molecule has 2 aromatic rings. The maximum Gasteiger partial charge on any atom is 0.0908 e. The molecule has 0 saturated heterocycles. The normalized spacial score (nSPS) is 12.7. The van der Waals surface area contributed by atoms with E-state index in [2.05, 4.69) is 43.6 Å². The highest BCUT2D eigenvalue weighted by Crippen LogP contribution is 2.29. The Balaban J connectivity index is 2.57. The molecule has 1 unspecified atom stereocenters. The number of hydrogen-bond acceptors (Lipinski definition) is 5. The van der Waals surface area contributed by atoms with Crippen LogP contribution >= 0.6 is 15.9 Å². The van der Waals surface area contributed by atoms with Crippen LogP contribution in [0.2, 0.25) is 0 Å². The number of hydrazine groups is 1. The number of aromatic nitrogens is 4. The van der Waals surface area contributed by atoms with Crippen molar-refractivity contribution in [2.45, 2.75) is 39.8 Å². The van der Waals surface area contributed by atoms with Gasteiger partial charge in [0.25, 0.3) is 0 Å². The van der Waals surface area contributed by atoms with Crippen molar-refractivity contribution < 1.29 is 0 Å². The maximum atomic E-state index is 5.80. The van der Waals surface area contributed by atoms with Gasteiger partial charge in [-0.2, -0.15) is 15.3 Å². The summed E-state index contributed by atoms with van der Waals surface area (Å²) in [6.07, 6.45) is 2.59. The van der Waals surface area contributed by atoms with Crippen LogP contribution < -0.4 is 11.3 Å². The van der Waals surface area contributed by atoms with Crippen LogP contribution in [0.25, 0.3) is 0 Å². The van der Waals surface area contributed by atoms with E-state index < -0.39 is 0 Å². The monoisotopic (exact) mass is 338 g/mol. The molecule has 0 aliphatic heterocycles. The molecule has 0 spiro atoms. The van der Waals surface area contributed by atoms with E-state index in [9.17, 15) is 0 Å². The molecule has 2 rings (SSSR count). The van der Waals surface area contributed by atoms with E-state index in [1.54, 1.807) is 6.20 Å². The fraction of sp³-hybridized carbons (Fsp3) is 0.462. The summed E-state index contributed by atoms with van der Waals surface area (Å²) in [5.41, 5.74) is 6.73. The molecular formula is C13H19BrN6. The molecule has 0 radical (unpaired) electrons. The van der Waals surface area contributed by atoms with Gasteiger partial charge >= 0.3 is 0 Å². The zero-order valence-electron chi connectivity index (χ0n) is 11.9. The topological polar surface area (TPSA) is 81.7 Å². The average molecular weight is 339 g/mol. The molecule has 0 aliphatic rings. The van der Waals surface area contributed by atoms with Gasteiger partial charge in [-0.25, -0.2) is 5.43 Å². The highest BCUT2D eigenvalue weighted by Gasteiger charge is 2.23. The number of nitrogens with one attached hydrogen (secondary N) is 1. The van der Waals surface area contributed by atoms with Gasteiger partial charge in [0.15, 0.2) is 0 Å². The second-order valence-corrected chi connectivity index (χ2v) is 5.39. The van der Waals surface area contributed by atoms with Crippen LogP contribution in [0.1, 0.15) is 42.5 Å². The van der Waals surface area contributed by atoms with Crippen molar-refractivity contribution in [2.75, 3.05) is 0 Å². The van der Waals surface area contributed by atoms with Crippen molar-refractivity contribution in [1.82, 2.24) is 25.4 Å². The number of nitrogens with zero attached hydrogens (tertiary/aromatic N) is 4. The lowest BCUT2D eigenvalue weighted by Gasteiger charge is -2.20. The number of halogens is 1. The number of hydrogen-bond donors (Lipinski definition) is 2. The third-order valence-electron chi connectivity index (χ3n) is 3.24. The SMILES string of the molecule is CCc1nnc(C)cc1C(NN)c1c(Br)cnn1CC. The summed E-state index contributed by atoms with van der Waals surface area (Å²) in [6, 6.07) is 1.85. The summed E-state index contributed by atoms with van der Waals surface area (Å²) < 4.78 is 2.85. The predicted molar refractivity (Wildman–Crippen MR) is 80.9 cm³/mol. The third kappa shape index (κ3) is 2.74. The Hall–Kier alpha value is -1.31. The first-order chi connectivity index (χ1) is 9.62. The summed E-state index contributed by atoms with van der Waals surface area (Å²) in [5, 5.41) is 12.7. The summed E-state index contributed by atoms with van der Waals surface area (Å²) in [5.74, 6) is 5.80. The number of rotatable bonds is 5. The van der Waals surface area contributed by atoms with Crippen molar-refractivity contribution in [2.24, 2.45) is 5.84 Å². The summed E-state index contributed by atoms with van der Waals surface area (Å²) in [7, 11) is 0. The molecule has 7 heteroatoms. The minimum absolute atomic E-state index is 0.170. The highest BCUT2D eigenvalue weighted by molar-refractivity contribution is 9.10. The Kier molecular flexibility index (Phi) is 4.85. The van der Waals surface area contributed by atoms with Crippen LogP contribution in [-0.4, -0.2) is 20.0 Å². The lowest BCUT2D eigenvalue weighted by molar-refractivity contribution is 0.536. The van der Waals surface area contributed by atoms with Crippen molar-refractivity contribution >= 4 is 15.9 Å². The Morgan fingerprint density at radius 2 is 2.15 bits per heavy atom. The zero-order chi connectivity index (χ0) is 14.7. The lowest BCUT2D eigenvalue weighted by atomic mass is 10.0. The van der Waals surface area contributed by atoms with Gasteiger partial charge in [0.1, 0.15) is 0 Å². The van der Waals surface area contributed by atoms with Crippen LogP contribution in [-0.2, 0) is 13.0 Å². The predicted octanol–water partition coefficient (Wildman–Crippen LogP) is 1.88. The largest absolute Gasteiger partial charge is 0.271 e. The molecule has 0 fully saturated rings. The van der Waals surface area contributed by atoms with Crippen LogP contribution in [0.4, 0.5) is 0 Å². The highest BCUT2D eigenvalue weighted by atomic mass is 79.9. The summed E-state index contributed by atoms with van der Waals surface area (Å²) in [6.45, 7) is 6.81. The molecule has 0 saturated carbocycles. The van der Waals surface area contributed by atoms with Gasteiger partial charge in [-0.3, -0.25) is 10.5 Å². The Labute approximate surface area is 126 Å². The molecule has 6 nitrogen and oxygen atoms in total. The molecule has 3 N–H and O–H groups in total. The van der Waals surface area contributed by atoms with Gasteiger partial charge < -0.3 is 0 Å². The molecule has 0 aliphatic carbocycles. The molecule has 20 heavy (non-hydrogen) atoms. The van der Waals surface area contributed by atoms with Gasteiger partial charge in [-0.05, 0) is 42.3 Å². The van der Waals surface area contributed by atoms with Crippen LogP contribution in [0, 0.1) is 6.92 Å². The number of nitrogens with two attached hydrogens (primary N) is 1. The van der Waals surface area contributed by atoms with E-state index in [1.807, 2.05) is 24.6 Å². The first kappa shape index (κ1) is 15.1. The van der Waals surface area contributed by atoms with Gasteiger partial charge in [-0.1, -0.05) is 6.92 Å². The van der Waals surface area contributed by atoms with E-state index in [4.69, 9.17) is 5.84 Å². The third-order valence-corrected chi connectivity index (χ3v) is 3.86. The second-order valence-electron chi connectivity index (χ2n) is 4.53. The molecule has 108 valence electrons. The minimum atomic E-state index is -0.170. The Morgan fingerprint density at radius 3 is 2.75 bits per heavy atom. The quantitative estimate of drug-likeness (QED) is 0.642. The Morgan fingerprint density at radius 1 is 1.40 bits per heavy atom. The molecule has 2 heterocycles. The standard InChI is InChI=1S/C13H19BrN6/c1-4-11-9(6-8(3)18-19-11)12(17-15)13-10(14)7-16-20(13)5-2/h6-7,12,17H,4-5,15H2,1-3H3. The van der Waals surface area contributed by atoms with Crippen LogP contribution in [0.15, 0.2) is 16.7 Å². The van der Waals surface area contributed by atoms with Gasteiger partial charge in [-0.15, -0.1) is 0 Å². The molecular weight excluding hydrogens is 320 g/mol. The van der Waals surface area contributed by atoms with E-state index in [1.165, 1.54) is 0 Å². The fourth-order valence-electron chi connectivity index (χ4n) is 2.29. The van der Waals surface area contributed by atoms with Crippen molar-refractivity contribution in [3.05, 3.63) is 39.4 Å². The zero-order valence-corrected chi connectivity index (χ0v) is 13.5. The van der Waals surface area contributed by atoms with Gasteiger partial charge in [0, 0.05) is 12.1 Å². The molecule has 1 atom stereocenters. The van der Waals surface area contributed by atoms with E-state index in [0.29, 0.717) is 0 Å². The smallest absolute Gasteiger partial charge is 0.0908 e. The second kappa shape index (κ2) is 6.43. The molecule has 0 aromatic carbocycles. The maximum absolute atomic E-state index is 5.80. The lowest BCUT2D eigenvalue weighted by Crippen LogP contribution is -2.32. The minimum Gasteiger partial charge on any atom is -0.271 e. The fourth-order valence-corrected chi connectivity index (χ4v) is 2.81. The average Bonchev–Trinajstić information content (AvgIpc) is 2.82. The van der Waals surface area contributed by atoms with E-state index in [-0.39, 0.29) is 6.04 Å². The van der Waals surface area contributed by atoms with Crippen LogP contribution in [0.3, 0.4) is 0 Å².